The van der Waals surface area contributed by atoms with Crippen LogP contribution in [-0.2, 0) is 6.42 Å². The number of carbonyl (C=O) groups is 1. The number of hydrogen-bond donors (Lipinski definition) is 0. The normalized spacial score (nSPS) is 15.6. The SMILES string of the molecule is Cc1ccc(C=CC(=O)c2ccc3c(c2)CC(C)(C)O3)cc1. The summed E-state index contributed by atoms with van der Waals surface area (Å²) in [5.41, 5.74) is 3.89. The molecule has 112 valence electrons. The first-order valence-corrected chi connectivity index (χ1v) is 7.54. The summed E-state index contributed by atoms with van der Waals surface area (Å²) in [7, 11) is 0. The van der Waals surface area contributed by atoms with Gasteiger partial charge in [-0.15, -0.1) is 0 Å². The Labute approximate surface area is 131 Å². The van der Waals surface area contributed by atoms with E-state index in [1.165, 1.54) is 5.56 Å². The lowest BCUT2D eigenvalue weighted by Crippen LogP contribution is -2.24. The van der Waals surface area contributed by atoms with Gasteiger partial charge < -0.3 is 4.74 Å². The van der Waals surface area contributed by atoms with Crippen molar-refractivity contribution in [1.82, 2.24) is 0 Å². The van der Waals surface area contributed by atoms with Crippen molar-refractivity contribution >= 4 is 11.9 Å². The maximum Gasteiger partial charge on any atom is 0.185 e. The second-order valence-electron chi connectivity index (χ2n) is 6.47. The Morgan fingerprint density at radius 2 is 1.86 bits per heavy atom. The van der Waals surface area contributed by atoms with Crippen LogP contribution in [0.2, 0.25) is 0 Å². The second kappa shape index (κ2) is 5.45. The fourth-order valence-corrected chi connectivity index (χ4v) is 2.71. The van der Waals surface area contributed by atoms with E-state index in [0.717, 1.165) is 23.3 Å². The van der Waals surface area contributed by atoms with E-state index in [0.29, 0.717) is 5.56 Å². The van der Waals surface area contributed by atoms with E-state index in [1.807, 2.05) is 55.5 Å². The molecule has 2 nitrogen and oxygen atoms in total. The molecule has 2 aromatic rings. The summed E-state index contributed by atoms with van der Waals surface area (Å²) in [6.07, 6.45) is 4.33. The van der Waals surface area contributed by atoms with Crippen molar-refractivity contribution in [3.8, 4) is 5.75 Å². The number of ketones is 1. The van der Waals surface area contributed by atoms with E-state index in [4.69, 9.17) is 4.74 Å². The number of ether oxygens (including phenoxy) is 1. The molecule has 0 radical (unpaired) electrons. The van der Waals surface area contributed by atoms with Crippen LogP contribution in [0.4, 0.5) is 0 Å². The molecule has 22 heavy (non-hydrogen) atoms. The Morgan fingerprint density at radius 1 is 1.14 bits per heavy atom. The summed E-state index contributed by atoms with van der Waals surface area (Å²) < 4.78 is 5.84. The van der Waals surface area contributed by atoms with Crippen LogP contribution in [0.3, 0.4) is 0 Å². The Balaban J connectivity index is 1.78. The molecular formula is C20H20O2. The molecule has 0 amide bonds. The Kier molecular flexibility index (Phi) is 3.61. The van der Waals surface area contributed by atoms with E-state index in [2.05, 4.69) is 13.8 Å². The average Bonchev–Trinajstić information content (AvgIpc) is 2.79. The first-order chi connectivity index (χ1) is 10.4. The number of hydrogen-bond acceptors (Lipinski definition) is 2. The van der Waals surface area contributed by atoms with Crippen molar-refractivity contribution in [3.63, 3.8) is 0 Å². The number of fused-ring (bicyclic) bond motifs is 1. The van der Waals surface area contributed by atoms with Gasteiger partial charge in [0.25, 0.3) is 0 Å². The molecule has 2 aromatic carbocycles. The molecule has 1 aliphatic heterocycles. The fraction of sp³-hybridized carbons (Fsp3) is 0.250. The van der Waals surface area contributed by atoms with Crippen LogP contribution in [0.15, 0.2) is 48.5 Å². The van der Waals surface area contributed by atoms with Gasteiger partial charge in [0.15, 0.2) is 5.78 Å². The van der Waals surface area contributed by atoms with Crippen LogP contribution in [0.25, 0.3) is 6.08 Å². The van der Waals surface area contributed by atoms with Crippen LogP contribution < -0.4 is 4.74 Å². The molecule has 0 aromatic heterocycles. The van der Waals surface area contributed by atoms with E-state index in [9.17, 15) is 4.79 Å². The molecule has 0 saturated heterocycles. The molecule has 0 saturated carbocycles. The van der Waals surface area contributed by atoms with Gasteiger partial charge >= 0.3 is 0 Å². The van der Waals surface area contributed by atoms with E-state index < -0.39 is 0 Å². The largest absolute Gasteiger partial charge is 0.487 e. The molecule has 0 spiro atoms. The van der Waals surface area contributed by atoms with Crippen molar-refractivity contribution in [2.24, 2.45) is 0 Å². The zero-order chi connectivity index (χ0) is 15.7. The lowest BCUT2D eigenvalue weighted by atomic mass is 9.99. The highest BCUT2D eigenvalue weighted by molar-refractivity contribution is 6.07. The fourth-order valence-electron chi connectivity index (χ4n) is 2.71. The van der Waals surface area contributed by atoms with E-state index in [1.54, 1.807) is 6.08 Å². The number of rotatable bonds is 3. The molecule has 0 aliphatic carbocycles. The summed E-state index contributed by atoms with van der Waals surface area (Å²) in [5.74, 6) is 0.914. The minimum absolute atomic E-state index is 0.0214. The zero-order valence-electron chi connectivity index (χ0n) is 13.2. The van der Waals surface area contributed by atoms with Crippen molar-refractivity contribution in [2.75, 3.05) is 0 Å². The first kappa shape index (κ1) is 14.6. The highest BCUT2D eigenvalue weighted by atomic mass is 16.5. The lowest BCUT2D eigenvalue weighted by Gasteiger charge is -2.16. The third-order valence-corrected chi connectivity index (χ3v) is 3.85. The van der Waals surface area contributed by atoms with Gasteiger partial charge in [0.05, 0.1) is 0 Å². The number of allylic oxidation sites excluding steroid dienone is 1. The molecular weight excluding hydrogens is 272 g/mol. The van der Waals surface area contributed by atoms with Crippen molar-refractivity contribution in [2.45, 2.75) is 32.8 Å². The highest BCUT2D eigenvalue weighted by Crippen LogP contribution is 2.35. The van der Waals surface area contributed by atoms with Gasteiger partial charge in [-0.3, -0.25) is 4.79 Å². The third-order valence-electron chi connectivity index (χ3n) is 3.85. The molecule has 3 rings (SSSR count). The summed E-state index contributed by atoms with van der Waals surface area (Å²) in [4.78, 5) is 12.3. The highest BCUT2D eigenvalue weighted by Gasteiger charge is 2.30. The molecule has 0 N–H and O–H groups in total. The molecule has 0 unspecified atom stereocenters. The first-order valence-electron chi connectivity index (χ1n) is 7.54. The van der Waals surface area contributed by atoms with E-state index >= 15 is 0 Å². The van der Waals surface area contributed by atoms with Crippen molar-refractivity contribution in [3.05, 3.63) is 70.8 Å². The number of carbonyl (C=O) groups excluding carboxylic acids is 1. The third kappa shape index (κ3) is 3.11. The molecule has 0 atom stereocenters. The van der Waals surface area contributed by atoms with Gasteiger partial charge in [-0.05, 0) is 56.2 Å². The monoisotopic (exact) mass is 292 g/mol. The Bertz CT molecular complexity index is 737. The van der Waals surface area contributed by atoms with Crippen LogP contribution in [0, 0.1) is 6.92 Å². The Morgan fingerprint density at radius 3 is 2.59 bits per heavy atom. The Hall–Kier alpha value is -2.35. The second-order valence-corrected chi connectivity index (χ2v) is 6.47. The minimum Gasteiger partial charge on any atom is -0.487 e. The van der Waals surface area contributed by atoms with Crippen LogP contribution >= 0.6 is 0 Å². The summed E-state index contributed by atoms with van der Waals surface area (Å²) in [6.45, 7) is 6.17. The molecule has 1 heterocycles. The van der Waals surface area contributed by atoms with Crippen molar-refractivity contribution in [1.29, 1.82) is 0 Å². The molecule has 0 bridgehead atoms. The average molecular weight is 292 g/mol. The summed E-state index contributed by atoms with van der Waals surface area (Å²) in [6, 6.07) is 13.8. The van der Waals surface area contributed by atoms with Gasteiger partial charge in [0.2, 0.25) is 0 Å². The van der Waals surface area contributed by atoms with E-state index in [-0.39, 0.29) is 11.4 Å². The van der Waals surface area contributed by atoms with Gasteiger partial charge in [-0.2, -0.15) is 0 Å². The van der Waals surface area contributed by atoms with Gasteiger partial charge in [0, 0.05) is 12.0 Å². The van der Waals surface area contributed by atoms with Gasteiger partial charge in [0.1, 0.15) is 11.4 Å². The molecule has 2 heteroatoms. The maximum atomic E-state index is 12.3. The maximum absolute atomic E-state index is 12.3. The number of aryl methyl sites for hydroxylation is 1. The van der Waals surface area contributed by atoms with Crippen molar-refractivity contribution < 1.29 is 9.53 Å². The predicted molar refractivity (Wildman–Crippen MR) is 89.4 cm³/mol. The minimum atomic E-state index is -0.179. The smallest absolute Gasteiger partial charge is 0.185 e. The summed E-state index contributed by atoms with van der Waals surface area (Å²) in [5, 5.41) is 0. The standard InChI is InChI=1S/C20H20O2/c1-14-4-6-15(7-5-14)8-10-18(21)16-9-11-19-17(12-16)13-20(2,3)22-19/h4-12H,13H2,1-3H3. The predicted octanol–water partition coefficient (Wildman–Crippen LogP) is 4.60. The summed E-state index contributed by atoms with van der Waals surface area (Å²) >= 11 is 0. The molecule has 0 fully saturated rings. The van der Waals surface area contributed by atoms with Crippen LogP contribution in [-0.4, -0.2) is 11.4 Å². The zero-order valence-corrected chi connectivity index (χ0v) is 13.2. The van der Waals surface area contributed by atoms with Gasteiger partial charge in [-0.1, -0.05) is 35.9 Å². The van der Waals surface area contributed by atoms with Crippen LogP contribution in [0.5, 0.6) is 5.75 Å². The topological polar surface area (TPSA) is 26.3 Å². The number of benzene rings is 2. The van der Waals surface area contributed by atoms with Crippen LogP contribution in [0.1, 0.15) is 40.9 Å². The lowest BCUT2D eigenvalue weighted by molar-refractivity contribution is 0.104. The van der Waals surface area contributed by atoms with Gasteiger partial charge in [-0.25, -0.2) is 0 Å². The quantitative estimate of drug-likeness (QED) is 0.610. The molecule has 1 aliphatic rings.